The maximum absolute atomic E-state index is 12.2. The van der Waals surface area contributed by atoms with E-state index in [9.17, 15) is 4.79 Å². The minimum Gasteiger partial charge on any atom is -0.464 e. The Morgan fingerprint density at radius 3 is 2.47 bits per heavy atom. The Bertz CT molecular complexity index is 1060. The van der Waals surface area contributed by atoms with Gasteiger partial charge in [-0.3, -0.25) is 4.99 Å². The maximum atomic E-state index is 12.2. The summed E-state index contributed by atoms with van der Waals surface area (Å²) in [5, 5.41) is 12.2. The Morgan fingerprint density at radius 1 is 1.09 bits per heavy atom. The third-order valence-electron chi connectivity index (χ3n) is 5.29. The Labute approximate surface area is 193 Å². The number of hydrogen-bond acceptors (Lipinski definition) is 7. The molecule has 1 aliphatic carbocycles. The summed E-state index contributed by atoms with van der Waals surface area (Å²) in [5.74, 6) is 0.381. The lowest BCUT2D eigenvalue weighted by atomic mass is 9.78. The molecule has 2 aliphatic rings. The molecule has 32 heavy (non-hydrogen) atoms. The molecule has 0 bridgehead atoms. The predicted molar refractivity (Wildman–Crippen MR) is 131 cm³/mol. The van der Waals surface area contributed by atoms with E-state index in [4.69, 9.17) is 9.73 Å². The molecule has 1 heterocycles. The van der Waals surface area contributed by atoms with Gasteiger partial charge >= 0.3 is 5.97 Å². The number of aliphatic imine (C=N–C) groups is 1. The number of rotatable bonds is 6. The fourth-order valence-corrected chi connectivity index (χ4v) is 4.97. The molecule has 0 amide bonds. The van der Waals surface area contributed by atoms with Gasteiger partial charge in [0.2, 0.25) is 0 Å². The number of fused-ring (bicyclic) bond motifs is 1. The van der Waals surface area contributed by atoms with Gasteiger partial charge in [-0.1, -0.05) is 32.0 Å². The first-order valence-corrected chi connectivity index (χ1v) is 11.9. The molecular formula is C25H28N4O2S. The van der Waals surface area contributed by atoms with Crippen LogP contribution in [0.2, 0.25) is 0 Å². The van der Waals surface area contributed by atoms with Crippen LogP contribution < -0.4 is 5.32 Å². The number of azo groups is 1. The van der Waals surface area contributed by atoms with Crippen molar-refractivity contribution in [1.29, 1.82) is 0 Å². The summed E-state index contributed by atoms with van der Waals surface area (Å²) in [6.07, 6.45) is 1.78. The largest absolute Gasteiger partial charge is 0.464 e. The summed E-state index contributed by atoms with van der Waals surface area (Å²) in [7, 11) is 0. The monoisotopic (exact) mass is 448 g/mol. The Hall–Kier alpha value is -2.93. The Kier molecular flexibility index (Phi) is 6.74. The van der Waals surface area contributed by atoms with Crippen LogP contribution in [0.15, 0.2) is 80.4 Å². The van der Waals surface area contributed by atoms with Crippen LogP contribution in [0.1, 0.15) is 33.6 Å². The molecule has 7 heteroatoms. The lowest BCUT2D eigenvalue weighted by Gasteiger charge is -2.36. The fraction of sp³-hybridized carbons (Fsp3) is 0.360. The van der Waals surface area contributed by atoms with Crippen molar-refractivity contribution >= 4 is 40.5 Å². The second-order valence-corrected chi connectivity index (χ2v) is 9.72. The summed E-state index contributed by atoms with van der Waals surface area (Å²) in [4.78, 5) is 18.1. The first kappa shape index (κ1) is 22.3. The molecule has 1 aliphatic heterocycles. The first-order chi connectivity index (χ1) is 15.4. The molecule has 0 fully saturated rings. The summed E-state index contributed by atoms with van der Waals surface area (Å²) >= 11 is 1.70. The van der Waals surface area contributed by atoms with E-state index in [-0.39, 0.29) is 11.4 Å². The number of esters is 1. The second kappa shape index (κ2) is 9.69. The van der Waals surface area contributed by atoms with E-state index >= 15 is 0 Å². The van der Waals surface area contributed by atoms with Gasteiger partial charge in [-0.15, -0.1) is 11.8 Å². The van der Waals surface area contributed by atoms with Gasteiger partial charge in [-0.05, 0) is 61.6 Å². The number of carbonyl (C=O) groups is 1. The molecule has 2 aromatic rings. The van der Waals surface area contributed by atoms with Crippen LogP contribution in [0, 0.1) is 5.41 Å². The third-order valence-corrected chi connectivity index (χ3v) is 6.55. The summed E-state index contributed by atoms with van der Waals surface area (Å²) in [5.41, 5.74) is 4.85. The number of anilines is 1. The lowest BCUT2D eigenvalue weighted by Crippen LogP contribution is -2.34. The number of ether oxygens (including phenoxy) is 1. The average molecular weight is 449 g/mol. The highest BCUT2D eigenvalue weighted by molar-refractivity contribution is 8.04. The molecule has 6 nitrogen and oxygen atoms in total. The third kappa shape index (κ3) is 5.46. The van der Waals surface area contributed by atoms with Crippen LogP contribution >= 0.6 is 11.8 Å². The zero-order chi connectivity index (χ0) is 22.6. The SMILES string of the molecule is CCOC(=O)C1CSC2=C(Nc3ccc(N=Nc4ccccc4)cc3)CC(C)(C)CC2=N1. The molecule has 0 aromatic heterocycles. The van der Waals surface area contributed by atoms with Crippen molar-refractivity contribution in [1.82, 2.24) is 0 Å². The molecular weight excluding hydrogens is 420 g/mol. The van der Waals surface area contributed by atoms with Gasteiger partial charge in [0.25, 0.3) is 0 Å². The summed E-state index contributed by atoms with van der Waals surface area (Å²) < 4.78 is 5.19. The number of allylic oxidation sites excluding steroid dienone is 2. The van der Waals surface area contributed by atoms with Crippen LogP contribution in [0.3, 0.4) is 0 Å². The number of nitrogens with zero attached hydrogens (tertiary/aromatic N) is 3. The first-order valence-electron chi connectivity index (χ1n) is 10.9. The predicted octanol–water partition coefficient (Wildman–Crippen LogP) is 6.67. The van der Waals surface area contributed by atoms with E-state index in [2.05, 4.69) is 29.4 Å². The van der Waals surface area contributed by atoms with Gasteiger partial charge < -0.3 is 10.1 Å². The molecule has 4 rings (SSSR count). The zero-order valence-corrected chi connectivity index (χ0v) is 19.5. The minimum atomic E-state index is -0.414. The number of hydrogen-bond donors (Lipinski definition) is 1. The fourth-order valence-electron chi connectivity index (χ4n) is 3.85. The van der Waals surface area contributed by atoms with E-state index in [0.29, 0.717) is 12.4 Å². The molecule has 1 unspecified atom stereocenters. The quantitative estimate of drug-likeness (QED) is 0.396. The molecule has 166 valence electrons. The van der Waals surface area contributed by atoms with Gasteiger partial charge in [-0.25, -0.2) is 4.79 Å². The van der Waals surface area contributed by atoms with Gasteiger partial charge in [0.05, 0.1) is 23.7 Å². The highest BCUT2D eigenvalue weighted by atomic mass is 32.2. The van der Waals surface area contributed by atoms with Crippen LogP contribution in [0.25, 0.3) is 0 Å². The van der Waals surface area contributed by atoms with Gasteiger partial charge in [0, 0.05) is 22.0 Å². The summed E-state index contributed by atoms with van der Waals surface area (Å²) in [6, 6.07) is 17.2. The Morgan fingerprint density at radius 2 is 1.78 bits per heavy atom. The van der Waals surface area contributed by atoms with E-state index < -0.39 is 6.04 Å². The van der Waals surface area contributed by atoms with Crippen molar-refractivity contribution in [3.63, 3.8) is 0 Å². The molecule has 0 radical (unpaired) electrons. The van der Waals surface area contributed by atoms with Crippen molar-refractivity contribution in [3.05, 3.63) is 65.2 Å². The number of thioether (sulfide) groups is 1. The average Bonchev–Trinajstić information content (AvgIpc) is 2.78. The topological polar surface area (TPSA) is 75.4 Å². The van der Waals surface area contributed by atoms with Gasteiger partial charge in [0.15, 0.2) is 6.04 Å². The maximum Gasteiger partial charge on any atom is 0.331 e. The molecule has 0 saturated carbocycles. The van der Waals surface area contributed by atoms with Crippen molar-refractivity contribution < 1.29 is 9.53 Å². The standard InChI is InChI=1S/C25H28N4O2S/c1-4-31-24(30)22-16-32-23-20(14-25(2,3)15-21(23)27-22)26-17-10-12-19(13-11-17)29-28-18-8-6-5-7-9-18/h5-13,22,26H,4,14-16H2,1-3H3. The van der Waals surface area contributed by atoms with Gasteiger partial charge in [-0.2, -0.15) is 10.2 Å². The van der Waals surface area contributed by atoms with Crippen molar-refractivity contribution in [3.8, 4) is 0 Å². The van der Waals surface area contributed by atoms with Crippen molar-refractivity contribution in [2.45, 2.75) is 39.7 Å². The smallest absolute Gasteiger partial charge is 0.331 e. The van der Waals surface area contributed by atoms with E-state index in [1.807, 2.05) is 61.5 Å². The van der Waals surface area contributed by atoms with Crippen LogP contribution in [-0.4, -0.2) is 30.1 Å². The molecule has 1 N–H and O–H groups in total. The number of nitrogens with one attached hydrogen (secondary N) is 1. The summed E-state index contributed by atoms with van der Waals surface area (Å²) in [6.45, 7) is 6.68. The Balaban J connectivity index is 1.52. The number of benzene rings is 2. The van der Waals surface area contributed by atoms with Crippen LogP contribution in [-0.2, 0) is 9.53 Å². The molecule has 2 aromatic carbocycles. The molecule has 0 saturated heterocycles. The highest BCUT2D eigenvalue weighted by Crippen LogP contribution is 2.43. The van der Waals surface area contributed by atoms with E-state index in [1.165, 1.54) is 0 Å². The normalized spacial score (nSPS) is 20.0. The van der Waals surface area contributed by atoms with Crippen molar-refractivity contribution in [2.24, 2.45) is 20.6 Å². The van der Waals surface area contributed by atoms with Crippen LogP contribution in [0.4, 0.5) is 17.1 Å². The second-order valence-electron chi connectivity index (χ2n) is 8.69. The molecule has 0 spiro atoms. The lowest BCUT2D eigenvalue weighted by molar-refractivity contribution is -0.143. The minimum absolute atomic E-state index is 0.0611. The van der Waals surface area contributed by atoms with E-state index in [0.717, 1.165) is 46.2 Å². The number of carbonyl (C=O) groups excluding carboxylic acids is 1. The van der Waals surface area contributed by atoms with Crippen molar-refractivity contribution in [2.75, 3.05) is 17.7 Å². The van der Waals surface area contributed by atoms with E-state index in [1.54, 1.807) is 11.8 Å². The highest BCUT2D eigenvalue weighted by Gasteiger charge is 2.36. The van der Waals surface area contributed by atoms with Crippen LogP contribution in [0.5, 0.6) is 0 Å². The molecule has 1 atom stereocenters. The zero-order valence-electron chi connectivity index (χ0n) is 18.7. The van der Waals surface area contributed by atoms with Gasteiger partial charge in [0.1, 0.15) is 0 Å².